The van der Waals surface area contributed by atoms with E-state index in [1.54, 1.807) is 29.8 Å². The zero-order valence-corrected chi connectivity index (χ0v) is 18.7. The molecule has 1 amide bonds. The molecular weight excluding hydrogens is 412 g/mol. The molecule has 1 fully saturated rings. The van der Waals surface area contributed by atoms with Crippen molar-refractivity contribution in [1.82, 2.24) is 20.3 Å². The summed E-state index contributed by atoms with van der Waals surface area (Å²) in [4.78, 5) is 27.2. The van der Waals surface area contributed by atoms with Crippen LogP contribution in [0.3, 0.4) is 0 Å². The molecule has 2 aromatic heterocycles. The zero-order chi connectivity index (χ0) is 21.8. The lowest BCUT2D eigenvalue weighted by molar-refractivity contribution is 0.0949. The van der Waals surface area contributed by atoms with E-state index in [4.69, 9.17) is 9.47 Å². The highest BCUT2D eigenvalue weighted by Crippen LogP contribution is 2.33. The number of thiazole rings is 1. The molecule has 0 aliphatic carbocycles. The van der Waals surface area contributed by atoms with E-state index < -0.39 is 0 Å². The number of benzene rings is 1. The number of hydrogen-bond acceptors (Lipinski definition) is 7. The van der Waals surface area contributed by atoms with Gasteiger partial charge in [-0.05, 0) is 31.0 Å². The standard InChI is InChI=1S/C23H26N4O3S/c1-14(2)21-12-27-23(31-21)17-6-16(7-20(8-17)30-19-4-5-29-13-19)22(28)26-11-18-10-24-15(3)9-25-18/h6-10,12,14,19H,4-5,11,13H2,1-3H3,(H,26,28)/t19-/m0/s1. The van der Waals surface area contributed by atoms with Crippen molar-refractivity contribution in [1.29, 1.82) is 0 Å². The van der Waals surface area contributed by atoms with Gasteiger partial charge in [0.1, 0.15) is 16.9 Å². The third-order valence-corrected chi connectivity index (χ3v) is 6.31. The smallest absolute Gasteiger partial charge is 0.251 e. The molecule has 0 unspecified atom stereocenters. The Hall–Kier alpha value is -2.84. The highest BCUT2D eigenvalue weighted by atomic mass is 32.1. The first-order valence-corrected chi connectivity index (χ1v) is 11.2. The Kier molecular flexibility index (Phi) is 6.58. The minimum atomic E-state index is -0.197. The lowest BCUT2D eigenvalue weighted by atomic mass is 10.1. The molecule has 0 spiro atoms. The van der Waals surface area contributed by atoms with Gasteiger partial charge in [0, 0.05) is 34.8 Å². The van der Waals surface area contributed by atoms with Gasteiger partial charge in [0.25, 0.3) is 5.91 Å². The van der Waals surface area contributed by atoms with Gasteiger partial charge >= 0.3 is 0 Å². The zero-order valence-electron chi connectivity index (χ0n) is 17.9. The summed E-state index contributed by atoms with van der Waals surface area (Å²) in [6.07, 6.45) is 6.10. The molecule has 1 saturated heterocycles. The highest BCUT2D eigenvalue weighted by Gasteiger charge is 2.20. The van der Waals surface area contributed by atoms with Crippen molar-refractivity contribution < 1.29 is 14.3 Å². The second-order valence-electron chi connectivity index (χ2n) is 7.90. The molecular formula is C23H26N4O3S. The molecule has 4 rings (SSSR count). The van der Waals surface area contributed by atoms with Crippen LogP contribution in [-0.2, 0) is 11.3 Å². The molecule has 0 saturated carbocycles. The second-order valence-corrected chi connectivity index (χ2v) is 8.97. The summed E-state index contributed by atoms with van der Waals surface area (Å²) < 4.78 is 11.5. The Morgan fingerprint density at radius 1 is 1.23 bits per heavy atom. The lowest BCUT2D eigenvalue weighted by Crippen LogP contribution is -2.24. The van der Waals surface area contributed by atoms with Crippen molar-refractivity contribution in [2.24, 2.45) is 0 Å². The molecule has 0 radical (unpaired) electrons. The summed E-state index contributed by atoms with van der Waals surface area (Å²) in [7, 11) is 0. The first kappa shape index (κ1) is 21.4. The molecule has 1 atom stereocenters. The van der Waals surface area contributed by atoms with Gasteiger partial charge in [0.2, 0.25) is 0 Å². The van der Waals surface area contributed by atoms with E-state index in [9.17, 15) is 4.79 Å². The predicted octanol–water partition coefficient (Wildman–Crippen LogP) is 4.13. The van der Waals surface area contributed by atoms with Crippen molar-refractivity contribution in [3.8, 4) is 16.3 Å². The van der Waals surface area contributed by atoms with Crippen LogP contribution in [0.4, 0.5) is 0 Å². The van der Waals surface area contributed by atoms with Gasteiger partial charge in [0.05, 0.1) is 37.3 Å². The summed E-state index contributed by atoms with van der Waals surface area (Å²) in [5, 5.41) is 3.79. The molecule has 162 valence electrons. The number of ether oxygens (including phenoxy) is 2. The predicted molar refractivity (Wildman–Crippen MR) is 119 cm³/mol. The van der Waals surface area contributed by atoms with Gasteiger partial charge in [0.15, 0.2) is 0 Å². The number of carbonyl (C=O) groups excluding carboxylic acids is 1. The van der Waals surface area contributed by atoms with Gasteiger partial charge in [-0.25, -0.2) is 4.98 Å². The molecule has 7 nitrogen and oxygen atoms in total. The van der Waals surface area contributed by atoms with Crippen molar-refractivity contribution in [3.05, 3.63) is 58.6 Å². The normalized spacial score (nSPS) is 15.9. The summed E-state index contributed by atoms with van der Waals surface area (Å²) >= 11 is 1.64. The first-order valence-electron chi connectivity index (χ1n) is 10.4. The van der Waals surface area contributed by atoms with E-state index in [2.05, 4.69) is 34.1 Å². The molecule has 8 heteroatoms. The van der Waals surface area contributed by atoms with Crippen LogP contribution in [-0.4, -0.2) is 40.2 Å². The SMILES string of the molecule is Cc1cnc(CNC(=O)c2cc(O[C@H]3CCOC3)cc(-c3ncc(C(C)C)s3)c2)cn1. The number of carbonyl (C=O) groups is 1. The fourth-order valence-electron chi connectivity index (χ4n) is 3.19. The molecule has 3 aromatic rings. The molecule has 1 aromatic carbocycles. The van der Waals surface area contributed by atoms with Crippen molar-refractivity contribution in [2.45, 2.75) is 45.8 Å². The Bertz CT molecular complexity index is 1040. The van der Waals surface area contributed by atoms with Crippen molar-refractivity contribution in [2.75, 3.05) is 13.2 Å². The van der Waals surface area contributed by atoms with E-state index in [1.165, 1.54) is 4.88 Å². The molecule has 31 heavy (non-hydrogen) atoms. The summed E-state index contributed by atoms with van der Waals surface area (Å²) in [6, 6.07) is 5.58. The topological polar surface area (TPSA) is 86.2 Å². The van der Waals surface area contributed by atoms with Crippen LogP contribution in [0, 0.1) is 6.92 Å². The van der Waals surface area contributed by atoms with Gasteiger partial charge in [-0.15, -0.1) is 11.3 Å². The lowest BCUT2D eigenvalue weighted by Gasteiger charge is -2.14. The summed E-state index contributed by atoms with van der Waals surface area (Å²) in [5.41, 5.74) is 2.93. The third-order valence-electron chi connectivity index (χ3n) is 4.96. The molecule has 0 bridgehead atoms. The number of rotatable bonds is 7. The molecule has 3 heterocycles. The quantitative estimate of drug-likeness (QED) is 0.597. The van der Waals surface area contributed by atoms with Crippen LogP contribution in [0.1, 0.15) is 52.8 Å². The second kappa shape index (κ2) is 9.53. The van der Waals surface area contributed by atoms with E-state index in [0.717, 1.165) is 22.7 Å². The number of amides is 1. The average Bonchev–Trinajstić information content (AvgIpc) is 3.45. The number of hydrogen-bond donors (Lipinski definition) is 1. The van der Waals surface area contributed by atoms with Gasteiger partial charge in [-0.2, -0.15) is 0 Å². The Labute approximate surface area is 185 Å². The Morgan fingerprint density at radius 2 is 2.10 bits per heavy atom. The van der Waals surface area contributed by atoms with Gasteiger partial charge in [-0.3, -0.25) is 14.8 Å². The molecule has 1 aliphatic heterocycles. The number of aromatic nitrogens is 3. The monoisotopic (exact) mass is 438 g/mol. The van der Waals surface area contributed by atoms with E-state index in [0.29, 0.717) is 42.7 Å². The van der Waals surface area contributed by atoms with Crippen LogP contribution < -0.4 is 10.1 Å². The van der Waals surface area contributed by atoms with Crippen LogP contribution >= 0.6 is 11.3 Å². The number of nitrogens with zero attached hydrogens (tertiary/aromatic N) is 3. The van der Waals surface area contributed by atoms with Crippen molar-refractivity contribution in [3.63, 3.8) is 0 Å². The van der Waals surface area contributed by atoms with Crippen LogP contribution in [0.5, 0.6) is 5.75 Å². The van der Waals surface area contributed by atoms with Crippen LogP contribution in [0.15, 0.2) is 36.8 Å². The van der Waals surface area contributed by atoms with Crippen molar-refractivity contribution >= 4 is 17.2 Å². The fourth-order valence-corrected chi connectivity index (χ4v) is 4.10. The van der Waals surface area contributed by atoms with E-state index in [1.807, 2.05) is 25.3 Å². The highest BCUT2D eigenvalue weighted by molar-refractivity contribution is 7.15. The van der Waals surface area contributed by atoms with E-state index in [-0.39, 0.29) is 12.0 Å². The first-order chi connectivity index (χ1) is 15.0. The van der Waals surface area contributed by atoms with Crippen LogP contribution in [0.25, 0.3) is 10.6 Å². The number of nitrogens with one attached hydrogen (secondary N) is 1. The molecule has 1 aliphatic rings. The third kappa shape index (κ3) is 5.45. The van der Waals surface area contributed by atoms with E-state index >= 15 is 0 Å². The minimum absolute atomic E-state index is 0.00323. The van der Waals surface area contributed by atoms with Crippen LogP contribution in [0.2, 0.25) is 0 Å². The van der Waals surface area contributed by atoms with Gasteiger partial charge in [-0.1, -0.05) is 13.8 Å². The fraction of sp³-hybridized carbons (Fsp3) is 0.391. The Morgan fingerprint density at radius 3 is 2.77 bits per heavy atom. The average molecular weight is 439 g/mol. The maximum atomic E-state index is 12.9. The van der Waals surface area contributed by atoms with Gasteiger partial charge < -0.3 is 14.8 Å². The minimum Gasteiger partial charge on any atom is -0.488 e. The summed E-state index contributed by atoms with van der Waals surface area (Å²) in [5.74, 6) is 0.853. The maximum absolute atomic E-state index is 12.9. The number of aryl methyl sites for hydroxylation is 1. The maximum Gasteiger partial charge on any atom is 0.251 e. The largest absolute Gasteiger partial charge is 0.488 e. The Balaban J connectivity index is 1.58. The summed E-state index contributed by atoms with van der Waals surface area (Å²) in [6.45, 7) is 7.72. The molecule has 1 N–H and O–H groups in total.